The van der Waals surface area contributed by atoms with E-state index in [0.717, 1.165) is 42.7 Å². The van der Waals surface area contributed by atoms with Gasteiger partial charge in [-0.05, 0) is 29.8 Å². The molecule has 1 N–H and O–H groups in total. The number of aromatic nitrogens is 2. The summed E-state index contributed by atoms with van der Waals surface area (Å²) in [4.78, 5) is 25.3. The predicted octanol–water partition coefficient (Wildman–Crippen LogP) is 5.54. The van der Waals surface area contributed by atoms with Gasteiger partial charge in [0.2, 0.25) is 5.91 Å². The van der Waals surface area contributed by atoms with E-state index in [4.69, 9.17) is 23.2 Å². The lowest BCUT2D eigenvalue weighted by Crippen LogP contribution is -2.47. The molecule has 36 heavy (non-hydrogen) atoms. The average molecular weight is 556 g/mol. The maximum absolute atomic E-state index is 12.9. The number of amides is 1. The monoisotopic (exact) mass is 555 g/mol. The third-order valence-electron chi connectivity index (χ3n) is 5.53. The van der Waals surface area contributed by atoms with Crippen LogP contribution in [-0.4, -0.2) is 47.8 Å². The molecular formula is C24H22Cl2F3N5OS. The van der Waals surface area contributed by atoms with E-state index < -0.39 is 11.7 Å². The van der Waals surface area contributed by atoms with E-state index in [1.807, 2.05) is 24.3 Å². The predicted molar refractivity (Wildman–Crippen MR) is 137 cm³/mol. The molecule has 2 heterocycles. The number of thioether (sulfide) groups is 1. The normalized spacial score (nSPS) is 14.1. The highest BCUT2D eigenvalue weighted by atomic mass is 35.5. The minimum Gasteiger partial charge on any atom is -0.367 e. The van der Waals surface area contributed by atoms with Crippen LogP contribution in [0.15, 0.2) is 59.8 Å². The summed E-state index contributed by atoms with van der Waals surface area (Å²) in [7, 11) is 0. The number of nitrogens with zero attached hydrogens (tertiary/aromatic N) is 4. The van der Waals surface area contributed by atoms with Gasteiger partial charge in [0.1, 0.15) is 11.0 Å². The van der Waals surface area contributed by atoms with Crippen LogP contribution in [0.3, 0.4) is 0 Å². The molecule has 1 aromatic heterocycles. The topological polar surface area (TPSA) is 61.4 Å². The third kappa shape index (κ3) is 6.96. The molecule has 0 spiro atoms. The quantitative estimate of drug-likeness (QED) is 0.235. The zero-order valence-electron chi connectivity index (χ0n) is 18.9. The van der Waals surface area contributed by atoms with Crippen molar-refractivity contribution in [1.82, 2.24) is 15.3 Å². The first-order valence-corrected chi connectivity index (χ1v) is 12.8. The molecule has 0 aliphatic carbocycles. The van der Waals surface area contributed by atoms with Crippen LogP contribution >= 0.6 is 35.0 Å². The van der Waals surface area contributed by atoms with Gasteiger partial charge in [-0.1, -0.05) is 59.2 Å². The molecular weight excluding hydrogens is 534 g/mol. The summed E-state index contributed by atoms with van der Waals surface area (Å²) in [5.41, 5.74) is 0.600. The standard InChI is InChI=1S/C24H22Cl2F3N5OS/c25-18-6-1-2-7-19(18)33-8-10-34(11-9-33)21-13-20(26)31-23(32-21)36-15-22(35)30-14-16-4-3-5-17(12-16)24(27,28)29/h1-7,12-13H,8-11,14-15H2,(H,30,35). The fourth-order valence-corrected chi connectivity index (χ4v) is 4.90. The summed E-state index contributed by atoms with van der Waals surface area (Å²) >= 11 is 13.6. The van der Waals surface area contributed by atoms with Crippen molar-refractivity contribution in [2.45, 2.75) is 17.9 Å². The van der Waals surface area contributed by atoms with E-state index >= 15 is 0 Å². The summed E-state index contributed by atoms with van der Waals surface area (Å²) in [6.07, 6.45) is -4.43. The second-order valence-electron chi connectivity index (χ2n) is 8.02. The summed E-state index contributed by atoms with van der Waals surface area (Å²) in [5.74, 6) is 0.315. The molecule has 1 aliphatic rings. The smallest absolute Gasteiger partial charge is 0.367 e. The highest BCUT2D eigenvalue weighted by Gasteiger charge is 2.30. The van der Waals surface area contributed by atoms with Gasteiger partial charge in [0.05, 0.1) is 22.0 Å². The Labute approximate surface area is 220 Å². The number of halogens is 5. The molecule has 0 unspecified atom stereocenters. The van der Waals surface area contributed by atoms with Crippen molar-refractivity contribution in [1.29, 1.82) is 0 Å². The number of rotatable bonds is 7. The van der Waals surface area contributed by atoms with Crippen LogP contribution in [-0.2, 0) is 17.5 Å². The molecule has 3 aromatic rings. The minimum atomic E-state index is -4.43. The number of hydrogen-bond acceptors (Lipinski definition) is 6. The molecule has 4 rings (SSSR count). The van der Waals surface area contributed by atoms with Crippen LogP contribution in [0.1, 0.15) is 11.1 Å². The minimum absolute atomic E-state index is 0.000964. The van der Waals surface area contributed by atoms with Crippen LogP contribution in [0.5, 0.6) is 0 Å². The second kappa shape index (κ2) is 11.6. The Morgan fingerprint density at radius 2 is 1.69 bits per heavy atom. The van der Waals surface area contributed by atoms with E-state index in [-0.39, 0.29) is 23.4 Å². The van der Waals surface area contributed by atoms with Crippen molar-refractivity contribution in [3.05, 3.63) is 75.9 Å². The number of piperazine rings is 1. The zero-order chi connectivity index (χ0) is 25.7. The van der Waals surface area contributed by atoms with E-state index in [9.17, 15) is 18.0 Å². The Kier molecular flexibility index (Phi) is 8.48. The van der Waals surface area contributed by atoms with Gasteiger partial charge in [0.15, 0.2) is 5.16 Å². The largest absolute Gasteiger partial charge is 0.416 e. The number of nitrogens with one attached hydrogen (secondary N) is 1. The molecule has 2 aromatic carbocycles. The van der Waals surface area contributed by atoms with Gasteiger partial charge in [0, 0.05) is 38.8 Å². The molecule has 0 atom stereocenters. The summed E-state index contributed by atoms with van der Waals surface area (Å²) in [5, 5.41) is 3.94. The van der Waals surface area contributed by atoms with Crippen LogP contribution in [0, 0.1) is 0 Å². The van der Waals surface area contributed by atoms with Gasteiger partial charge < -0.3 is 15.1 Å². The van der Waals surface area contributed by atoms with Crippen LogP contribution in [0.25, 0.3) is 0 Å². The first-order valence-electron chi connectivity index (χ1n) is 11.0. The molecule has 0 radical (unpaired) electrons. The fourth-order valence-electron chi connectivity index (χ4n) is 3.74. The molecule has 12 heteroatoms. The Balaban J connectivity index is 1.30. The molecule has 1 amide bonds. The zero-order valence-corrected chi connectivity index (χ0v) is 21.3. The first kappa shape index (κ1) is 26.4. The number of hydrogen-bond donors (Lipinski definition) is 1. The molecule has 0 saturated carbocycles. The number of anilines is 2. The average Bonchev–Trinajstić information content (AvgIpc) is 2.86. The summed E-state index contributed by atoms with van der Waals surface area (Å²) in [6.45, 7) is 2.92. The van der Waals surface area contributed by atoms with E-state index in [0.29, 0.717) is 34.6 Å². The number of para-hydroxylation sites is 1. The molecule has 190 valence electrons. The molecule has 1 fully saturated rings. The Bertz CT molecular complexity index is 1220. The molecule has 6 nitrogen and oxygen atoms in total. The van der Waals surface area contributed by atoms with Crippen molar-refractivity contribution in [3.8, 4) is 0 Å². The SMILES string of the molecule is O=C(CSc1nc(Cl)cc(N2CCN(c3ccccc3Cl)CC2)n1)NCc1cccc(C(F)(F)F)c1. The highest BCUT2D eigenvalue weighted by Crippen LogP contribution is 2.30. The Hall–Kier alpha value is -2.69. The van der Waals surface area contributed by atoms with Crippen LogP contribution < -0.4 is 15.1 Å². The number of carbonyl (C=O) groups is 1. The lowest BCUT2D eigenvalue weighted by molar-refractivity contribution is -0.137. The molecule has 1 aliphatic heterocycles. The summed E-state index contributed by atoms with van der Waals surface area (Å²) < 4.78 is 38.6. The van der Waals surface area contributed by atoms with E-state index in [2.05, 4.69) is 25.1 Å². The van der Waals surface area contributed by atoms with Gasteiger partial charge in [-0.15, -0.1) is 0 Å². The summed E-state index contributed by atoms with van der Waals surface area (Å²) in [6, 6.07) is 14.3. The van der Waals surface area contributed by atoms with Gasteiger partial charge >= 0.3 is 6.18 Å². The van der Waals surface area contributed by atoms with Crippen LogP contribution in [0.4, 0.5) is 24.7 Å². The number of carbonyl (C=O) groups excluding carboxylic acids is 1. The van der Waals surface area contributed by atoms with Crippen molar-refractivity contribution in [2.24, 2.45) is 0 Å². The number of benzene rings is 2. The Morgan fingerprint density at radius 3 is 2.42 bits per heavy atom. The van der Waals surface area contributed by atoms with Crippen molar-refractivity contribution < 1.29 is 18.0 Å². The van der Waals surface area contributed by atoms with Crippen molar-refractivity contribution in [3.63, 3.8) is 0 Å². The molecule has 1 saturated heterocycles. The maximum Gasteiger partial charge on any atom is 0.416 e. The fraction of sp³-hybridized carbons (Fsp3) is 0.292. The third-order valence-corrected chi connectivity index (χ3v) is 6.89. The van der Waals surface area contributed by atoms with Gasteiger partial charge in [-0.3, -0.25) is 4.79 Å². The molecule has 0 bridgehead atoms. The van der Waals surface area contributed by atoms with Crippen molar-refractivity contribution >= 4 is 52.4 Å². The van der Waals surface area contributed by atoms with E-state index in [1.54, 1.807) is 6.07 Å². The highest BCUT2D eigenvalue weighted by molar-refractivity contribution is 7.99. The first-order chi connectivity index (χ1) is 17.2. The van der Waals surface area contributed by atoms with Gasteiger partial charge in [-0.2, -0.15) is 13.2 Å². The van der Waals surface area contributed by atoms with E-state index in [1.165, 1.54) is 12.1 Å². The van der Waals surface area contributed by atoms with Crippen molar-refractivity contribution in [2.75, 3.05) is 41.7 Å². The lowest BCUT2D eigenvalue weighted by Gasteiger charge is -2.37. The van der Waals surface area contributed by atoms with Gasteiger partial charge in [0.25, 0.3) is 0 Å². The lowest BCUT2D eigenvalue weighted by atomic mass is 10.1. The van der Waals surface area contributed by atoms with Crippen LogP contribution in [0.2, 0.25) is 10.2 Å². The van der Waals surface area contributed by atoms with Gasteiger partial charge in [-0.25, -0.2) is 9.97 Å². The maximum atomic E-state index is 12.9. The number of alkyl halides is 3. The second-order valence-corrected chi connectivity index (χ2v) is 9.76. The Morgan fingerprint density at radius 1 is 0.972 bits per heavy atom.